The summed E-state index contributed by atoms with van der Waals surface area (Å²) in [5, 5.41) is 0. The highest BCUT2D eigenvalue weighted by atomic mass is 16.5. The van der Waals surface area contributed by atoms with Crippen LogP contribution in [-0.4, -0.2) is 36.1 Å². The Balaban J connectivity index is 2.00. The molecule has 2 saturated heterocycles. The van der Waals surface area contributed by atoms with Crippen molar-refractivity contribution in [3.63, 3.8) is 0 Å². The summed E-state index contributed by atoms with van der Waals surface area (Å²) in [7, 11) is 0. The highest BCUT2D eigenvalue weighted by Gasteiger charge is 2.33. The standard InChI is InChI=1S/C13H23NO2/c1-10-4-3-5-11(2)14(10)13(15)12-6-8-16-9-7-12/h10-12H,3-9H2,1-2H3. The van der Waals surface area contributed by atoms with Crippen LogP contribution < -0.4 is 0 Å². The summed E-state index contributed by atoms with van der Waals surface area (Å²) in [4.78, 5) is 14.6. The third kappa shape index (κ3) is 2.40. The zero-order valence-corrected chi connectivity index (χ0v) is 10.4. The fourth-order valence-electron chi connectivity index (χ4n) is 3.01. The zero-order valence-electron chi connectivity index (χ0n) is 10.4. The smallest absolute Gasteiger partial charge is 0.226 e. The lowest BCUT2D eigenvalue weighted by atomic mass is 9.92. The van der Waals surface area contributed by atoms with Crippen LogP contribution >= 0.6 is 0 Å². The van der Waals surface area contributed by atoms with Gasteiger partial charge in [-0.05, 0) is 46.0 Å². The lowest BCUT2D eigenvalue weighted by Crippen LogP contribution is -2.50. The summed E-state index contributed by atoms with van der Waals surface area (Å²) < 4.78 is 5.32. The van der Waals surface area contributed by atoms with Crippen LogP contribution in [0.3, 0.4) is 0 Å². The topological polar surface area (TPSA) is 29.5 Å². The Kier molecular flexibility index (Phi) is 3.85. The van der Waals surface area contributed by atoms with Gasteiger partial charge in [0.25, 0.3) is 0 Å². The van der Waals surface area contributed by atoms with Gasteiger partial charge in [0, 0.05) is 31.2 Å². The molecule has 2 aliphatic rings. The molecule has 0 N–H and O–H groups in total. The summed E-state index contributed by atoms with van der Waals surface area (Å²) in [5.74, 6) is 0.597. The molecule has 0 saturated carbocycles. The summed E-state index contributed by atoms with van der Waals surface area (Å²) in [6.45, 7) is 5.89. The minimum Gasteiger partial charge on any atom is -0.381 e. The van der Waals surface area contributed by atoms with Crippen molar-refractivity contribution in [3.8, 4) is 0 Å². The number of hydrogen-bond donors (Lipinski definition) is 0. The van der Waals surface area contributed by atoms with Crippen LogP contribution in [0.25, 0.3) is 0 Å². The van der Waals surface area contributed by atoms with E-state index in [0.717, 1.165) is 26.1 Å². The Morgan fingerprint density at radius 2 is 1.62 bits per heavy atom. The molecule has 92 valence electrons. The van der Waals surface area contributed by atoms with E-state index in [1.807, 2.05) is 0 Å². The minimum absolute atomic E-state index is 0.219. The molecule has 16 heavy (non-hydrogen) atoms. The number of likely N-dealkylation sites (tertiary alicyclic amines) is 1. The number of nitrogens with zero attached hydrogens (tertiary/aromatic N) is 1. The van der Waals surface area contributed by atoms with Crippen molar-refractivity contribution in [1.29, 1.82) is 0 Å². The van der Waals surface area contributed by atoms with E-state index in [1.165, 1.54) is 19.3 Å². The molecule has 3 nitrogen and oxygen atoms in total. The van der Waals surface area contributed by atoms with Crippen molar-refractivity contribution < 1.29 is 9.53 Å². The Morgan fingerprint density at radius 3 is 2.19 bits per heavy atom. The number of piperidine rings is 1. The average molecular weight is 225 g/mol. The van der Waals surface area contributed by atoms with Crippen molar-refractivity contribution in [2.75, 3.05) is 13.2 Å². The number of carbonyl (C=O) groups excluding carboxylic acids is 1. The predicted octanol–water partition coefficient (Wildman–Crippen LogP) is 2.20. The quantitative estimate of drug-likeness (QED) is 0.684. The fraction of sp³-hybridized carbons (Fsp3) is 0.923. The van der Waals surface area contributed by atoms with Gasteiger partial charge in [-0.3, -0.25) is 4.79 Å². The fourth-order valence-corrected chi connectivity index (χ4v) is 3.01. The molecule has 2 atom stereocenters. The molecule has 0 bridgehead atoms. The Hall–Kier alpha value is -0.570. The molecule has 2 heterocycles. The normalized spacial score (nSPS) is 32.8. The Labute approximate surface area is 98.1 Å². The Bertz CT molecular complexity index is 238. The van der Waals surface area contributed by atoms with Gasteiger partial charge in [-0.15, -0.1) is 0 Å². The highest BCUT2D eigenvalue weighted by Crippen LogP contribution is 2.27. The Morgan fingerprint density at radius 1 is 1.06 bits per heavy atom. The van der Waals surface area contributed by atoms with Crippen LogP contribution in [0.1, 0.15) is 46.0 Å². The van der Waals surface area contributed by atoms with E-state index in [4.69, 9.17) is 4.74 Å². The first-order valence-corrected chi connectivity index (χ1v) is 6.60. The first-order valence-electron chi connectivity index (χ1n) is 6.60. The molecule has 2 aliphatic heterocycles. The van der Waals surface area contributed by atoms with E-state index in [9.17, 15) is 4.79 Å². The van der Waals surface area contributed by atoms with Crippen molar-refractivity contribution in [2.24, 2.45) is 5.92 Å². The number of amides is 1. The largest absolute Gasteiger partial charge is 0.381 e. The van der Waals surface area contributed by atoms with Crippen molar-refractivity contribution in [1.82, 2.24) is 4.90 Å². The summed E-state index contributed by atoms with van der Waals surface area (Å²) in [6.07, 6.45) is 5.42. The first kappa shape index (κ1) is 11.9. The second kappa shape index (κ2) is 5.17. The van der Waals surface area contributed by atoms with E-state index in [2.05, 4.69) is 18.7 Å². The molecular weight excluding hydrogens is 202 g/mol. The monoisotopic (exact) mass is 225 g/mol. The number of ether oxygens (including phenoxy) is 1. The van der Waals surface area contributed by atoms with E-state index in [-0.39, 0.29) is 5.92 Å². The number of carbonyl (C=O) groups is 1. The van der Waals surface area contributed by atoms with Crippen LogP contribution in [-0.2, 0) is 9.53 Å². The van der Waals surface area contributed by atoms with E-state index < -0.39 is 0 Å². The van der Waals surface area contributed by atoms with Gasteiger partial charge in [-0.2, -0.15) is 0 Å². The first-order chi connectivity index (χ1) is 7.70. The summed E-state index contributed by atoms with van der Waals surface area (Å²) in [5.41, 5.74) is 0. The van der Waals surface area contributed by atoms with Gasteiger partial charge < -0.3 is 9.64 Å². The minimum atomic E-state index is 0.219. The summed E-state index contributed by atoms with van der Waals surface area (Å²) >= 11 is 0. The molecule has 2 fully saturated rings. The summed E-state index contributed by atoms with van der Waals surface area (Å²) in [6, 6.07) is 0.859. The van der Waals surface area contributed by atoms with Gasteiger partial charge in [-0.25, -0.2) is 0 Å². The number of hydrogen-bond acceptors (Lipinski definition) is 2. The van der Waals surface area contributed by atoms with E-state index in [1.54, 1.807) is 0 Å². The molecule has 0 aromatic carbocycles. The molecule has 2 unspecified atom stereocenters. The van der Waals surface area contributed by atoms with Crippen LogP contribution in [0.5, 0.6) is 0 Å². The van der Waals surface area contributed by atoms with Crippen molar-refractivity contribution in [3.05, 3.63) is 0 Å². The molecule has 0 radical (unpaired) electrons. The van der Waals surface area contributed by atoms with E-state index in [0.29, 0.717) is 18.0 Å². The van der Waals surface area contributed by atoms with Crippen LogP contribution in [0, 0.1) is 5.92 Å². The highest BCUT2D eigenvalue weighted by molar-refractivity contribution is 5.79. The van der Waals surface area contributed by atoms with Crippen LogP contribution in [0.15, 0.2) is 0 Å². The van der Waals surface area contributed by atoms with Gasteiger partial charge in [0.2, 0.25) is 5.91 Å². The van der Waals surface area contributed by atoms with Crippen molar-refractivity contribution in [2.45, 2.75) is 58.0 Å². The maximum atomic E-state index is 12.4. The lowest BCUT2D eigenvalue weighted by molar-refractivity contribution is -0.144. The molecule has 0 aromatic heterocycles. The molecule has 0 spiro atoms. The molecule has 0 aliphatic carbocycles. The molecule has 0 aromatic rings. The average Bonchev–Trinajstić information content (AvgIpc) is 2.30. The van der Waals surface area contributed by atoms with Crippen LogP contribution in [0.2, 0.25) is 0 Å². The second-order valence-electron chi connectivity index (χ2n) is 5.26. The second-order valence-corrected chi connectivity index (χ2v) is 5.26. The van der Waals surface area contributed by atoms with Gasteiger partial charge in [0.15, 0.2) is 0 Å². The molecule has 1 amide bonds. The molecular formula is C13H23NO2. The lowest BCUT2D eigenvalue weighted by Gasteiger charge is -2.41. The molecule has 2 rings (SSSR count). The van der Waals surface area contributed by atoms with Gasteiger partial charge >= 0.3 is 0 Å². The van der Waals surface area contributed by atoms with Gasteiger partial charge in [0.05, 0.1) is 0 Å². The number of rotatable bonds is 1. The van der Waals surface area contributed by atoms with Crippen molar-refractivity contribution >= 4 is 5.91 Å². The maximum Gasteiger partial charge on any atom is 0.226 e. The SMILES string of the molecule is CC1CCCC(C)N1C(=O)C1CCOCC1. The van der Waals surface area contributed by atoms with Gasteiger partial charge in [-0.1, -0.05) is 0 Å². The predicted molar refractivity (Wildman–Crippen MR) is 63.2 cm³/mol. The third-order valence-corrected chi connectivity index (χ3v) is 4.02. The van der Waals surface area contributed by atoms with E-state index >= 15 is 0 Å². The third-order valence-electron chi connectivity index (χ3n) is 4.02. The maximum absolute atomic E-state index is 12.4. The zero-order chi connectivity index (χ0) is 11.5. The van der Waals surface area contributed by atoms with Crippen LogP contribution in [0.4, 0.5) is 0 Å². The molecule has 3 heteroatoms. The van der Waals surface area contributed by atoms with Gasteiger partial charge in [0.1, 0.15) is 0 Å².